The summed E-state index contributed by atoms with van der Waals surface area (Å²) < 4.78 is 36.8. The van der Waals surface area contributed by atoms with Gasteiger partial charge in [-0.3, -0.25) is 9.78 Å². The first-order valence-electron chi connectivity index (χ1n) is 4.33. The minimum absolute atomic E-state index is 0.0669. The molecule has 1 rings (SSSR count). The summed E-state index contributed by atoms with van der Waals surface area (Å²) in [4.78, 5) is 13.6. The van der Waals surface area contributed by atoms with E-state index in [9.17, 15) is 18.0 Å². The van der Waals surface area contributed by atoms with Crippen molar-refractivity contribution in [1.82, 2.24) is 4.98 Å². The summed E-state index contributed by atoms with van der Waals surface area (Å²) in [6, 6.07) is 1.07. The van der Waals surface area contributed by atoms with Crippen molar-refractivity contribution in [2.45, 2.75) is 19.1 Å². The highest BCUT2D eigenvalue weighted by molar-refractivity contribution is 5.76. The third-order valence-corrected chi connectivity index (χ3v) is 1.80. The number of hydrogen-bond acceptors (Lipinski definition) is 3. The van der Waals surface area contributed by atoms with Crippen LogP contribution in [0.25, 0.3) is 0 Å². The predicted molar refractivity (Wildman–Crippen MR) is 50.0 cm³/mol. The molecular weight excluding hydrogens is 225 g/mol. The van der Waals surface area contributed by atoms with Gasteiger partial charge in [-0.05, 0) is 19.1 Å². The van der Waals surface area contributed by atoms with Crippen LogP contribution in [0.2, 0.25) is 0 Å². The van der Waals surface area contributed by atoms with Gasteiger partial charge >= 0.3 is 12.1 Å². The molecule has 4 nitrogen and oxygen atoms in total. The molecule has 0 radical (unpaired) electrons. The summed E-state index contributed by atoms with van der Waals surface area (Å²) in [6.45, 7) is 1.33. The number of anilines is 1. The summed E-state index contributed by atoms with van der Waals surface area (Å²) in [5.41, 5.74) is -0.993. The highest BCUT2D eigenvalue weighted by Gasteiger charge is 2.32. The van der Waals surface area contributed by atoms with Gasteiger partial charge in [-0.2, -0.15) is 13.2 Å². The fraction of sp³-hybridized carbons (Fsp3) is 0.333. The lowest BCUT2D eigenvalue weighted by Crippen LogP contribution is -2.25. The van der Waals surface area contributed by atoms with E-state index in [0.717, 1.165) is 12.3 Å². The van der Waals surface area contributed by atoms with Crippen LogP contribution in [0.3, 0.4) is 0 Å². The zero-order valence-corrected chi connectivity index (χ0v) is 8.25. The number of aliphatic carboxylic acids is 1. The maximum Gasteiger partial charge on any atom is 0.433 e. The summed E-state index contributed by atoms with van der Waals surface area (Å²) in [6.07, 6.45) is -3.57. The Balaban J connectivity index is 2.87. The average molecular weight is 234 g/mol. The Morgan fingerprint density at radius 1 is 1.56 bits per heavy atom. The second kappa shape index (κ2) is 4.38. The standard InChI is InChI=1S/C9H9F3N2O2/c1-5(8(15)16)14-6-2-3-13-7(4-6)9(10,11)12/h2-5H,1H3,(H,13,14)(H,15,16)/t5-/m1/s1. The predicted octanol–water partition coefficient (Wildman–Crippen LogP) is 1.99. The molecule has 0 bridgehead atoms. The molecule has 0 saturated heterocycles. The van der Waals surface area contributed by atoms with Crippen LogP contribution in [-0.2, 0) is 11.0 Å². The molecule has 88 valence electrons. The zero-order chi connectivity index (χ0) is 12.3. The van der Waals surface area contributed by atoms with Gasteiger partial charge in [0.2, 0.25) is 0 Å². The summed E-state index contributed by atoms with van der Waals surface area (Å²) in [5.74, 6) is -1.15. The lowest BCUT2D eigenvalue weighted by molar-refractivity contribution is -0.141. The SMILES string of the molecule is C[C@@H](Nc1ccnc(C(F)(F)F)c1)C(=O)O. The van der Waals surface area contributed by atoms with Gasteiger partial charge in [0.15, 0.2) is 0 Å². The number of hydrogen-bond donors (Lipinski definition) is 2. The molecule has 0 saturated carbocycles. The van der Waals surface area contributed by atoms with Crippen LogP contribution in [0.15, 0.2) is 18.3 Å². The number of carbonyl (C=O) groups is 1. The summed E-state index contributed by atoms with van der Waals surface area (Å²) in [7, 11) is 0. The monoisotopic (exact) mass is 234 g/mol. The number of carboxylic acid groups (broad SMARTS) is 1. The molecule has 0 aliphatic rings. The van der Waals surface area contributed by atoms with E-state index in [1.807, 2.05) is 0 Å². The Kier molecular flexibility index (Phi) is 3.36. The average Bonchev–Trinajstić information content (AvgIpc) is 2.16. The maximum absolute atomic E-state index is 12.3. The number of pyridine rings is 1. The zero-order valence-electron chi connectivity index (χ0n) is 8.25. The lowest BCUT2D eigenvalue weighted by atomic mass is 10.2. The Bertz CT molecular complexity index is 393. The van der Waals surface area contributed by atoms with Crippen LogP contribution in [0, 0.1) is 0 Å². The van der Waals surface area contributed by atoms with Crippen molar-refractivity contribution in [3.63, 3.8) is 0 Å². The first kappa shape index (κ1) is 12.3. The number of carboxylic acids is 1. The van der Waals surface area contributed by atoms with Gasteiger partial charge in [-0.1, -0.05) is 0 Å². The molecular formula is C9H9F3N2O2. The van der Waals surface area contributed by atoms with E-state index in [4.69, 9.17) is 5.11 Å². The fourth-order valence-electron chi connectivity index (χ4n) is 0.987. The molecule has 0 spiro atoms. The number of halogens is 3. The fourth-order valence-corrected chi connectivity index (χ4v) is 0.987. The van der Waals surface area contributed by atoms with E-state index >= 15 is 0 Å². The minimum atomic E-state index is -4.54. The van der Waals surface area contributed by atoms with Gasteiger partial charge in [0.1, 0.15) is 11.7 Å². The second-order valence-corrected chi connectivity index (χ2v) is 3.13. The van der Waals surface area contributed by atoms with Gasteiger partial charge in [-0.15, -0.1) is 0 Å². The third kappa shape index (κ3) is 3.11. The third-order valence-electron chi connectivity index (χ3n) is 1.80. The normalized spacial score (nSPS) is 13.2. The first-order valence-corrected chi connectivity index (χ1v) is 4.33. The van der Waals surface area contributed by atoms with Crippen molar-refractivity contribution >= 4 is 11.7 Å². The highest BCUT2D eigenvalue weighted by atomic mass is 19.4. The minimum Gasteiger partial charge on any atom is -0.480 e. The summed E-state index contributed by atoms with van der Waals surface area (Å²) >= 11 is 0. The van der Waals surface area contributed by atoms with Gasteiger partial charge in [-0.25, -0.2) is 0 Å². The molecule has 16 heavy (non-hydrogen) atoms. The molecule has 2 N–H and O–H groups in total. The van der Waals surface area contributed by atoms with Crippen LogP contribution < -0.4 is 5.32 Å². The van der Waals surface area contributed by atoms with Crippen molar-refractivity contribution < 1.29 is 23.1 Å². The van der Waals surface area contributed by atoms with E-state index < -0.39 is 23.9 Å². The van der Waals surface area contributed by atoms with Crippen molar-refractivity contribution in [2.75, 3.05) is 5.32 Å². The molecule has 1 aromatic heterocycles. The Morgan fingerprint density at radius 3 is 2.69 bits per heavy atom. The van der Waals surface area contributed by atoms with E-state index in [-0.39, 0.29) is 5.69 Å². The molecule has 0 aliphatic carbocycles. The van der Waals surface area contributed by atoms with Crippen LogP contribution in [0.5, 0.6) is 0 Å². The van der Waals surface area contributed by atoms with Gasteiger partial charge < -0.3 is 10.4 Å². The van der Waals surface area contributed by atoms with Crippen LogP contribution in [0.1, 0.15) is 12.6 Å². The largest absolute Gasteiger partial charge is 0.480 e. The molecule has 0 aromatic carbocycles. The molecule has 1 atom stereocenters. The van der Waals surface area contributed by atoms with E-state index in [1.165, 1.54) is 13.0 Å². The number of nitrogens with zero attached hydrogens (tertiary/aromatic N) is 1. The molecule has 0 unspecified atom stereocenters. The Hall–Kier alpha value is -1.79. The summed E-state index contributed by atoms with van der Waals surface area (Å²) in [5, 5.41) is 11.0. The first-order chi connectivity index (χ1) is 7.30. The quantitative estimate of drug-likeness (QED) is 0.839. The smallest absolute Gasteiger partial charge is 0.433 e. The number of rotatable bonds is 3. The highest BCUT2D eigenvalue weighted by Crippen LogP contribution is 2.28. The van der Waals surface area contributed by atoms with Crippen molar-refractivity contribution in [3.8, 4) is 0 Å². The Morgan fingerprint density at radius 2 is 2.19 bits per heavy atom. The molecule has 0 aliphatic heterocycles. The molecule has 0 fully saturated rings. The van der Waals surface area contributed by atoms with Crippen molar-refractivity contribution in [1.29, 1.82) is 0 Å². The number of alkyl halides is 3. The van der Waals surface area contributed by atoms with Crippen LogP contribution in [0.4, 0.5) is 18.9 Å². The van der Waals surface area contributed by atoms with E-state index in [1.54, 1.807) is 0 Å². The molecule has 1 heterocycles. The Labute approximate surface area is 89.1 Å². The molecule has 7 heteroatoms. The van der Waals surface area contributed by atoms with Crippen molar-refractivity contribution in [3.05, 3.63) is 24.0 Å². The van der Waals surface area contributed by atoms with Gasteiger partial charge in [0.25, 0.3) is 0 Å². The number of nitrogens with one attached hydrogen (secondary N) is 1. The van der Waals surface area contributed by atoms with Gasteiger partial charge in [0.05, 0.1) is 0 Å². The lowest BCUT2D eigenvalue weighted by Gasteiger charge is -2.12. The van der Waals surface area contributed by atoms with Crippen molar-refractivity contribution in [2.24, 2.45) is 0 Å². The second-order valence-electron chi connectivity index (χ2n) is 3.13. The van der Waals surface area contributed by atoms with E-state index in [2.05, 4.69) is 10.3 Å². The maximum atomic E-state index is 12.3. The molecule has 1 aromatic rings. The number of aromatic nitrogens is 1. The van der Waals surface area contributed by atoms with Gasteiger partial charge in [0, 0.05) is 11.9 Å². The molecule has 0 amide bonds. The van der Waals surface area contributed by atoms with E-state index in [0.29, 0.717) is 0 Å². The van der Waals surface area contributed by atoms with Crippen LogP contribution >= 0.6 is 0 Å². The van der Waals surface area contributed by atoms with Crippen LogP contribution in [-0.4, -0.2) is 22.1 Å². The topological polar surface area (TPSA) is 62.2 Å².